The highest BCUT2D eigenvalue weighted by molar-refractivity contribution is 6.33. The SMILES string of the molecule is CNC(=O)COc1cc2cc(Nc3nc(N4CCC(CN5CCC6(CC5)CCN(c5ccc(N7CCC(=O)NC7=O)cc5)C6)CC4)ncc3Cl)ccc2n(C(C)C)c1=O. The van der Waals surface area contributed by atoms with Crippen molar-refractivity contribution in [2.45, 2.75) is 58.4 Å². The fourth-order valence-corrected chi connectivity index (χ4v) is 9.21. The minimum atomic E-state index is -0.352. The van der Waals surface area contributed by atoms with E-state index >= 15 is 0 Å². The number of nitrogens with one attached hydrogen (secondary N) is 3. The number of urea groups is 1. The molecule has 0 saturated carbocycles. The van der Waals surface area contributed by atoms with Gasteiger partial charge in [0, 0.05) is 81.2 Å². The molecule has 4 aromatic rings. The average Bonchev–Trinajstić information content (AvgIpc) is 3.65. The molecule has 6 heterocycles. The Kier molecular flexibility index (Phi) is 11.7. The number of imide groups is 1. The topological polar surface area (TPSA) is 157 Å². The summed E-state index contributed by atoms with van der Waals surface area (Å²) in [4.78, 5) is 67.4. The number of likely N-dealkylation sites (N-methyl/N-ethyl adjacent to an activating group) is 1. The quantitative estimate of drug-likeness (QED) is 0.174. The third kappa shape index (κ3) is 8.81. The third-order valence-electron chi connectivity index (χ3n) is 12.5. The molecule has 312 valence electrons. The number of carbonyl (C=O) groups excluding carboxylic acids is 3. The van der Waals surface area contributed by atoms with Gasteiger partial charge in [0.05, 0.1) is 11.7 Å². The van der Waals surface area contributed by atoms with Crippen LogP contribution in [0.25, 0.3) is 10.9 Å². The molecular formula is C43H53ClN10O5. The zero-order valence-electron chi connectivity index (χ0n) is 34.0. The number of ether oxygens (including phenoxy) is 1. The standard InChI is InChI=1S/C43H53ClN10O5/c1-28(2)54-35-9-4-31(22-30(35)23-36(40(54)57)59-26-38(56)45-3)47-39-34(44)24-46-41(49-39)51-16-10-29(11-17-51)25-50-19-13-43(14-20-50)15-21-52(27-43)32-5-7-33(8-6-32)53-18-12-37(55)48-42(53)58/h4-9,22-24,28-29H,10-21,25-27H2,1-3H3,(H,45,56)(H,46,47,49)(H,48,55,58). The average molecular weight is 825 g/mol. The van der Waals surface area contributed by atoms with Crippen molar-refractivity contribution in [2.75, 3.05) is 86.0 Å². The molecule has 59 heavy (non-hydrogen) atoms. The number of piperidine rings is 2. The van der Waals surface area contributed by atoms with E-state index < -0.39 is 0 Å². The lowest BCUT2D eigenvalue weighted by atomic mass is 9.77. The molecule has 0 radical (unpaired) electrons. The second kappa shape index (κ2) is 17.1. The van der Waals surface area contributed by atoms with Gasteiger partial charge in [0.15, 0.2) is 18.2 Å². The van der Waals surface area contributed by atoms with Gasteiger partial charge in [-0.05, 0) is 119 Å². The number of carbonyl (C=O) groups is 3. The van der Waals surface area contributed by atoms with Crippen molar-refractivity contribution in [2.24, 2.45) is 11.3 Å². The molecule has 4 fully saturated rings. The molecule has 0 aliphatic carbocycles. The molecule has 2 aromatic heterocycles. The number of benzene rings is 2. The normalized spacial score (nSPS) is 18.8. The van der Waals surface area contributed by atoms with Crippen molar-refractivity contribution in [3.05, 3.63) is 70.1 Å². The number of rotatable bonds is 11. The van der Waals surface area contributed by atoms with Crippen LogP contribution in [0.5, 0.6) is 5.75 Å². The smallest absolute Gasteiger partial charge is 0.328 e. The molecule has 0 bridgehead atoms. The molecule has 0 atom stereocenters. The van der Waals surface area contributed by atoms with E-state index in [9.17, 15) is 19.2 Å². The fourth-order valence-electron chi connectivity index (χ4n) is 9.07. The molecule has 0 unspecified atom stereocenters. The zero-order valence-corrected chi connectivity index (χ0v) is 34.8. The molecular weight excluding hydrogens is 772 g/mol. The summed E-state index contributed by atoms with van der Waals surface area (Å²) in [6.07, 6.45) is 7.72. The van der Waals surface area contributed by atoms with E-state index in [1.165, 1.54) is 32.0 Å². The first kappa shape index (κ1) is 40.4. The summed E-state index contributed by atoms with van der Waals surface area (Å²) in [5.74, 6) is 1.33. The predicted octanol–water partition coefficient (Wildman–Crippen LogP) is 5.55. The monoisotopic (exact) mass is 824 g/mol. The van der Waals surface area contributed by atoms with E-state index in [-0.39, 0.29) is 41.8 Å². The van der Waals surface area contributed by atoms with E-state index in [0.717, 1.165) is 80.9 Å². The van der Waals surface area contributed by atoms with Crippen molar-refractivity contribution >= 4 is 69.2 Å². The van der Waals surface area contributed by atoms with E-state index in [1.807, 2.05) is 44.2 Å². The molecule has 4 amide bonds. The van der Waals surface area contributed by atoms with Crippen molar-refractivity contribution in [1.29, 1.82) is 0 Å². The lowest BCUT2D eigenvalue weighted by Gasteiger charge is -2.42. The predicted molar refractivity (Wildman–Crippen MR) is 230 cm³/mol. The molecule has 1 spiro atoms. The van der Waals surface area contributed by atoms with Gasteiger partial charge in [-0.1, -0.05) is 11.6 Å². The number of hydrogen-bond acceptors (Lipinski definition) is 11. The van der Waals surface area contributed by atoms with E-state index in [1.54, 1.807) is 21.7 Å². The lowest BCUT2D eigenvalue weighted by Crippen LogP contribution is -2.49. The molecule has 15 nitrogen and oxygen atoms in total. The maximum absolute atomic E-state index is 13.2. The van der Waals surface area contributed by atoms with Crippen LogP contribution in [0, 0.1) is 11.3 Å². The van der Waals surface area contributed by atoms with Gasteiger partial charge in [-0.15, -0.1) is 0 Å². The zero-order chi connectivity index (χ0) is 41.3. The number of hydrogen-bond donors (Lipinski definition) is 3. The van der Waals surface area contributed by atoms with Crippen LogP contribution < -0.4 is 40.9 Å². The van der Waals surface area contributed by atoms with Gasteiger partial charge < -0.3 is 34.6 Å². The molecule has 3 N–H and O–H groups in total. The van der Waals surface area contributed by atoms with Gasteiger partial charge in [-0.3, -0.25) is 24.6 Å². The molecule has 4 aliphatic rings. The number of likely N-dealkylation sites (tertiary alicyclic amines) is 1. The van der Waals surface area contributed by atoms with Crippen LogP contribution in [-0.2, 0) is 9.59 Å². The summed E-state index contributed by atoms with van der Waals surface area (Å²) in [5, 5.41) is 9.45. The van der Waals surface area contributed by atoms with Crippen LogP contribution in [0.2, 0.25) is 5.02 Å². The van der Waals surface area contributed by atoms with Crippen molar-refractivity contribution in [3.63, 3.8) is 0 Å². The number of anilines is 5. The summed E-state index contributed by atoms with van der Waals surface area (Å²) in [5.41, 5.74) is 3.55. The van der Waals surface area contributed by atoms with Crippen LogP contribution in [0.1, 0.15) is 58.4 Å². The summed E-state index contributed by atoms with van der Waals surface area (Å²) >= 11 is 6.62. The lowest BCUT2D eigenvalue weighted by molar-refractivity contribution is -0.122. The Morgan fingerprint density at radius 2 is 1.68 bits per heavy atom. The molecule has 4 saturated heterocycles. The Labute approximate surface area is 349 Å². The largest absolute Gasteiger partial charge is 0.478 e. The minimum Gasteiger partial charge on any atom is -0.478 e. The van der Waals surface area contributed by atoms with Gasteiger partial charge in [0.2, 0.25) is 11.9 Å². The van der Waals surface area contributed by atoms with Crippen LogP contribution in [0.3, 0.4) is 0 Å². The summed E-state index contributed by atoms with van der Waals surface area (Å²) in [6.45, 7) is 11.2. The summed E-state index contributed by atoms with van der Waals surface area (Å²) < 4.78 is 7.29. The maximum Gasteiger partial charge on any atom is 0.328 e. The van der Waals surface area contributed by atoms with E-state index in [2.05, 4.69) is 47.8 Å². The second-order valence-electron chi connectivity index (χ2n) is 16.7. The maximum atomic E-state index is 13.2. The first-order chi connectivity index (χ1) is 28.5. The summed E-state index contributed by atoms with van der Waals surface area (Å²) in [6, 6.07) is 15.1. The Hall–Kier alpha value is -5.41. The summed E-state index contributed by atoms with van der Waals surface area (Å²) in [7, 11) is 1.52. The number of amides is 4. The molecule has 8 rings (SSSR count). The number of aromatic nitrogens is 3. The highest BCUT2D eigenvalue weighted by atomic mass is 35.5. The van der Waals surface area contributed by atoms with Crippen LogP contribution in [0.4, 0.5) is 33.6 Å². The number of nitrogens with zero attached hydrogens (tertiary/aromatic N) is 7. The Morgan fingerprint density at radius 1 is 0.949 bits per heavy atom. The Morgan fingerprint density at radius 3 is 2.39 bits per heavy atom. The minimum absolute atomic E-state index is 0.107. The van der Waals surface area contributed by atoms with Crippen LogP contribution >= 0.6 is 11.6 Å². The van der Waals surface area contributed by atoms with Gasteiger partial charge >= 0.3 is 6.03 Å². The van der Waals surface area contributed by atoms with E-state index in [0.29, 0.717) is 41.1 Å². The van der Waals surface area contributed by atoms with Gasteiger partial charge in [-0.25, -0.2) is 9.78 Å². The third-order valence-corrected chi connectivity index (χ3v) is 12.8. The van der Waals surface area contributed by atoms with E-state index in [4.69, 9.17) is 21.3 Å². The molecule has 2 aromatic carbocycles. The fraction of sp³-hybridized carbons (Fsp3) is 0.488. The molecule has 16 heteroatoms. The van der Waals surface area contributed by atoms with Crippen molar-refractivity contribution < 1.29 is 19.1 Å². The number of pyridine rings is 1. The van der Waals surface area contributed by atoms with Crippen molar-refractivity contribution in [1.82, 2.24) is 30.1 Å². The Bertz CT molecular complexity index is 2270. The van der Waals surface area contributed by atoms with Crippen molar-refractivity contribution in [3.8, 4) is 5.75 Å². The first-order valence-electron chi connectivity index (χ1n) is 20.7. The van der Waals surface area contributed by atoms with Crippen LogP contribution in [0.15, 0.2) is 59.5 Å². The Balaban J connectivity index is 0.833. The van der Waals surface area contributed by atoms with Crippen LogP contribution in [-0.4, -0.2) is 103 Å². The number of fused-ring (bicyclic) bond motifs is 1. The highest BCUT2D eigenvalue weighted by Gasteiger charge is 2.41. The highest BCUT2D eigenvalue weighted by Crippen LogP contribution is 2.42. The van der Waals surface area contributed by atoms with Gasteiger partial charge in [-0.2, -0.15) is 4.98 Å². The second-order valence-corrected chi connectivity index (χ2v) is 17.1. The van der Waals surface area contributed by atoms with Gasteiger partial charge in [0.25, 0.3) is 11.5 Å². The first-order valence-corrected chi connectivity index (χ1v) is 21.1. The number of halogens is 1. The molecule has 4 aliphatic heterocycles. The van der Waals surface area contributed by atoms with Gasteiger partial charge in [0.1, 0.15) is 5.02 Å².